The summed E-state index contributed by atoms with van der Waals surface area (Å²) in [7, 11) is 0. The SMILES string of the molecule is Cc1c2c(n(-c3c(C(C)C)cccc3C(C)C)c1C)-c1cccc[n+]1C2.Cc1c2c(n(-c3ccccc3C(C)C)c1C)-c1cccc[n+]1C2.Cc1cc(C)c(-n2c(C)c(C)c3c2-c2cccc[n+]2C3)c(C)c1.Cc1cc2c(n1-c1c(-c3ccccc3)cccc1-c1ccccc1)-c1cccc[n+]1C2.Cc1cc2c(n1-c1c(C(C)C)cc(-c3ccccc3)cc1C(C)C)-c1cccc[n+]1C2. The first-order valence-corrected chi connectivity index (χ1v) is 48.5. The van der Waals surface area contributed by atoms with Crippen molar-refractivity contribution >= 4 is 0 Å². The van der Waals surface area contributed by atoms with E-state index in [9.17, 15) is 0 Å². The smallest absolute Gasteiger partial charge is 0.230 e. The molecule has 8 aromatic carbocycles. The highest BCUT2D eigenvalue weighted by Crippen LogP contribution is 2.48. The van der Waals surface area contributed by atoms with Crippen LogP contribution >= 0.6 is 0 Å². The van der Waals surface area contributed by atoms with E-state index in [1.54, 1.807) is 0 Å². The fourth-order valence-electron chi connectivity index (χ4n) is 22.2. The largest absolute Gasteiger partial charge is 0.308 e. The molecule has 15 heterocycles. The van der Waals surface area contributed by atoms with Crippen molar-refractivity contribution in [2.24, 2.45) is 0 Å². The quantitative estimate of drug-likeness (QED) is 0.103. The number of hydrogen-bond acceptors (Lipinski definition) is 0. The van der Waals surface area contributed by atoms with E-state index < -0.39 is 0 Å². The van der Waals surface area contributed by atoms with Crippen molar-refractivity contribution in [2.75, 3.05) is 0 Å². The minimum absolute atomic E-state index is 0.429. The van der Waals surface area contributed by atoms with Crippen molar-refractivity contribution in [3.05, 3.63) is 428 Å². The second kappa shape index (κ2) is 36.5. The summed E-state index contributed by atoms with van der Waals surface area (Å²) in [6.07, 6.45) is 10.9. The zero-order chi connectivity index (χ0) is 93.5. The van der Waals surface area contributed by atoms with Gasteiger partial charge in [0.2, 0.25) is 28.5 Å². The minimum Gasteiger partial charge on any atom is -0.308 e. The Bertz CT molecular complexity index is 7410. The summed E-state index contributed by atoms with van der Waals surface area (Å²) >= 11 is 0. The standard InChI is InChI=1S/C29H23N2.C29H31N2.C24H29N2.2C21H23N2/c1-21-19-24-20-30-18-9-8-17-27(30)28(24)31(21)29-25(22-11-4-2-5-12-22)15-10-16-26(29)23-13-6-3-7-14-23;1-19(2)25-16-23(22-11-7-6-8-12-22)17-26(20(3)4)29(25)31-21(5)15-24-18-30-14-10-9-13-27(30)28(24)31;1-15(2)19-10-9-11-20(16(3)4)23(19)26-18(6)17(5)21-14-25-13-8-7-12-22(25)24(21)26;1-13-10-14(2)20(15(3)11-13)23-17(5)16(4)18-12-22-9-7-6-8-19(22)21(18)23;1-14(2)17-9-5-6-10-19(17)23-16(4)15(3)18-13-22-12-8-7-11-20(22)21(18)23/h2-19H,20H2,1H3;6-17,19-20H,18H2,1-5H3;7-13,15-16H,14H2,1-6H3;6-11H,12H2,1-5H3;5-12,14H,13H2,1-4H3/q5*+1. The Morgan fingerprint density at radius 3 is 0.933 bits per heavy atom. The van der Waals surface area contributed by atoms with Gasteiger partial charge in [0.15, 0.2) is 63.7 Å². The average molecular weight is 1760 g/mol. The van der Waals surface area contributed by atoms with Crippen LogP contribution in [0.3, 0.4) is 0 Å². The lowest BCUT2D eigenvalue weighted by Gasteiger charge is -2.24. The molecule has 5 aliphatic rings. The summed E-state index contributed by atoms with van der Waals surface area (Å²) in [5.74, 6) is 2.35. The summed E-state index contributed by atoms with van der Waals surface area (Å²) in [4.78, 5) is 0. The van der Waals surface area contributed by atoms with Crippen LogP contribution in [0.5, 0.6) is 0 Å². The molecule has 5 aliphatic heterocycles. The highest BCUT2D eigenvalue weighted by atomic mass is 15.1. The Morgan fingerprint density at radius 1 is 0.231 bits per heavy atom. The Morgan fingerprint density at radius 2 is 0.537 bits per heavy atom. The van der Waals surface area contributed by atoms with Crippen LogP contribution in [0.25, 0.3) is 119 Å². The molecule has 0 saturated heterocycles. The summed E-state index contributed by atoms with van der Waals surface area (Å²) < 4.78 is 24.3. The van der Waals surface area contributed by atoms with Crippen LogP contribution in [0, 0.1) is 76.2 Å². The van der Waals surface area contributed by atoms with Crippen LogP contribution in [0.2, 0.25) is 0 Å². The van der Waals surface area contributed by atoms with Gasteiger partial charge in [-0.15, -0.1) is 0 Å². The molecule has 10 aromatic heterocycles. The number of aryl methyl sites for hydroxylation is 5. The Kier molecular flexibility index (Phi) is 24.3. The molecule has 0 saturated carbocycles. The molecule has 10 nitrogen and oxygen atoms in total. The number of nitrogens with zero attached hydrogens (tertiary/aromatic N) is 10. The van der Waals surface area contributed by atoms with Gasteiger partial charge in [0.05, 0.1) is 39.4 Å². The van der Waals surface area contributed by atoms with Crippen molar-refractivity contribution in [3.8, 4) is 119 Å². The third-order valence-electron chi connectivity index (χ3n) is 29.0. The van der Waals surface area contributed by atoms with Gasteiger partial charge in [0, 0.05) is 117 Å². The monoisotopic (exact) mass is 1760 g/mol. The van der Waals surface area contributed by atoms with Crippen LogP contribution in [-0.2, 0) is 32.7 Å². The minimum atomic E-state index is 0.429. The first-order chi connectivity index (χ1) is 64.8. The van der Waals surface area contributed by atoms with E-state index in [4.69, 9.17) is 0 Å². The Hall–Kier alpha value is -14.1. The second-order valence-corrected chi connectivity index (χ2v) is 39.3. The predicted molar refractivity (Wildman–Crippen MR) is 551 cm³/mol. The van der Waals surface area contributed by atoms with Gasteiger partial charge in [-0.2, -0.15) is 22.8 Å². The lowest BCUT2D eigenvalue weighted by molar-refractivity contribution is -0.672. The first-order valence-electron chi connectivity index (χ1n) is 48.5. The molecule has 0 N–H and O–H groups in total. The van der Waals surface area contributed by atoms with E-state index in [-0.39, 0.29) is 0 Å². The van der Waals surface area contributed by atoms with Crippen LogP contribution < -0.4 is 22.8 Å². The topological polar surface area (TPSA) is 44.0 Å². The molecule has 10 heteroatoms. The van der Waals surface area contributed by atoms with Gasteiger partial charge < -0.3 is 22.8 Å². The third-order valence-corrected chi connectivity index (χ3v) is 29.0. The van der Waals surface area contributed by atoms with Crippen molar-refractivity contribution in [1.82, 2.24) is 22.8 Å². The van der Waals surface area contributed by atoms with Gasteiger partial charge in [0.25, 0.3) is 0 Å². The van der Waals surface area contributed by atoms with Gasteiger partial charge in [-0.1, -0.05) is 233 Å². The van der Waals surface area contributed by atoms with E-state index in [1.165, 1.54) is 236 Å². The van der Waals surface area contributed by atoms with Gasteiger partial charge in [-0.3, -0.25) is 0 Å². The molecule has 0 unspecified atom stereocenters. The van der Waals surface area contributed by atoms with Gasteiger partial charge in [-0.25, -0.2) is 0 Å². The molecule has 134 heavy (non-hydrogen) atoms. The van der Waals surface area contributed by atoms with Crippen LogP contribution in [-0.4, -0.2) is 22.8 Å². The normalized spacial score (nSPS) is 12.4. The maximum Gasteiger partial charge on any atom is 0.230 e. The highest BCUT2D eigenvalue weighted by Gasteiger charge is 2.41. The molecule has 18 aromatic rings. The zero-order valence-corrected chi connectivity index (χ0v) is 82.3. The molecule has 0 radical (unpaired) electrons. The van der Waals surface area contributed by atoms with Gasteiger partial charge in [-0.05, 0) is 244 Å². The molecule has 0 aliphatic carbocycles. The molecule has 0 spiro atoms. The van der Waals surface area contributed by atoms with E-state index in [2.05, 4.69) is 501 Å². The van der Waals surface area contributed by atoms with Gasteiger partial charge >= 0.3 is 0 Å². The highest BCUT2D eigenvalue weighted by molar-refractivity contribution is 5.88. The summed E-state index contributed by atoms with van der Waals surface area (Å²) in [6, 6.07) is 101. The van der Waals surface area contributed by atoms with Crippen molar-refractivity contribution in [1.29, 1.82) is 0 Å². The van der Waals surface area contributed by atoms with Crippen LogP contribution in [0.4, 0.5) is 0 Å². The number of benzene rings is 8. The fourth-order valence-corrected chi connectivity index (χ4v) is 22.2. The molecule has 670 valence electrons. The summed E-state index contributed by atoms with van der Waals surface area (Å²) in [5.41, 5.74) is 56.8. The second-order valence-electron chi connectivity index (χ2n) is 39.3. The summed E-state index contributed by atoms with van der Waals surface area (Å²) in [5, 5.41) is 0. The van der Waals surface area contributed by atoms with Crippen LogP contribution in [0.15, 0.2) is 310 Å². The van der Waals surface area contributed by atoms with Gasteiger partial charge in [0.1, 0.15) is 28.5 Å². The maximum atomic E-state index is 2.55. The molecule has 23 rings (SSSR count). The lowest BCUT2D eigenvalue weighted by Crippen LogP contribution is -2.32. The van der Waals surface area contributed by atoms with Crippen LogP contribution in [0.1, 0.15) is 216 Å². The molecule has 0 bridgehead atoms. The molecule has 0 fully saturated rings. The Balaban J connectivity index is 0.000000108. The molecule has 0 amide bonds. The third kappa shape index (κ3) is 15.7. The van der Waals surface area contributed by atoms with E-state index >= 15 is 0 Å². The number of fused-ring (bicyclic) bond motifs is 15. The number of pyridine rings is 5. The lowest BCUT2D eigenvalue weighted by atomic mass is 9.88. The van der Waals surface area contributed by atoms with Crippen molar-refractivity contribution in [3.63, 3.8) is 0 Å². The Labute approximate surface area is 794 Å². The number of rotatable bonds is 13. The zero-order valence-electron chi connectivity index (χ0n) is 82.3. The number of hydrogen-bond donors (Lipinski definition) is 0. The predicted octanol–water partition coefficient (Wildman–Crippen LogP) is 28.0. The molecule has 0 atom stereocenters. The first kappa shape index (κ1) is 89.1. The molecular weight excluding hydrogens is 1630 g/mol. The summed E-state index contributed by atoms with van der Waals surface area (Å²) in [6.45, 7) is 52.5. The number of para-hydroxylation sites is 3. The van der Waals surface area contributed by atoms with Crippen molar-refractivity contribution < 1.29 is 22.8 Å². The average Bonchev–Trinajstić information content (AvgIpc) is 1.52. The number of aromatic nitrogens is 10. The van der Waals surface area contributed by atoms with E-state index in [0.29, 0.717) is 29.6 Å². The maximum absolute atomic E-state index is 2.55. The molecular formula is C124H129N10+5. The van der Waals surface area contributed by atoms with E-state index in [0.717, 1.165) is 32.7 Å². The fraction of sp³-hybridized carbons (Fsp3) is 0.250. The van der Waals surface area contributed by atoms with Crippen molar-refractivity contribution in [2.45, 2.75) is 208 Å². The van der Waals surface area contributed by atoms with E-state index in [1.807, 2.05) is 0 Å².